The van der Waals surface area contributed by atoms with Crippen molar-refractivity contribution in [1.82, 2.24) is 24.8 Å². The van der Waals surface area contributed by atoms with Gasteiger partial charge in [0.1, 0.15) is 0 Å². The molecule has 5 rings (SSSR count). The van der Waals surface area contributed by atoms with E-state index in [0.29, 0.717) is 37.7 Å². The minimum absolute atomic E-state index is 0.0937. The Kier molecular flexibility index (Phi) is 6.37. The SMILES string of the molecule is COCCN1CCN(C(=O)c2nc(-c3ccc4c(c3)CCC4=NO)c(-c3ccncc3)[nH]2)CC1. The lowest BCUT2D eigenvalue weighted by molar-refractivity contribution is 0.0584. The number of methoxy groups -OCH3 is 1. The van der Waals surface area contributed by atoms with E-state index in [4.69, 9.17) is 9.72 Å². The van der Waals surface area contributed by atoms with Gasteiger partial charge in [-0.05, 0) is 36.6 Å². The summed E-state index contributed by atoms with van der Waals surface area (Å²) < 4.78 is 5.17. The third kappa shape index (κ3) is 4.32. The van der Waals surface area contributed by atoms with Crippen molar-refractivity contribution in [2.45, 2.75) is 12.8 Å². The molecule has 0 saturated carbocycles. The van der Waals surface area contributed by atoms with Gasteiger partial charge < -0.3 is 19.8 Å². The number of benzene rings is 1. The summed E-state index contributed by atoms with van der Waals surface area (Å²) in [5.74, 6) is 0.245. The molecule has 9 nitrogen and oxygen atoms in total. The van der Waals surface area contributed by atoms with Gasteiger partial charge in [0.05, 0.1) is 23.7 Å². The second-order valence-electron chi connectivity index (χ2n) is 8.59. The number of oxime groups is 1. The molecule has 2 N–H and O–H groups in total. The van der Waals surface area contributed by atoms with Crippen LogP contribution >= 0.6 is 0 Å². The summed E-state index contributed by atoms with van der Waals surface area (Å²) in [6.07, 6.45) is 4.99. The van der Waals surface area contributed by atoms with Crippen LogP contribution in [0, 0.1) is 0 Å². The van der Waals surface area contributed by atoms with Crippen LogP contribution < -0.4 is 0 Å². The fourth-order valence-electron chi connectivity index (χ4n) is 4.68. The number of H-pyrrole nitrogens is 1. The van der Waals surface area contributed by atoms with Crippen LogP contribution in [0.3, 0.4) is 0 Å². The van der Waals surface area contributed by atoms with E-state index < -0.39 is 0 Å². The Bertz CT molecular complexity index is 1200. The quantitative estimate of drug-likeness (QED) is 0.433. The molecule has 2 aliphatic rings. The van der Waals surface area contributed by atoms with E-state index in [1.54, 1.807) is 19.5 Å². The van der Waals surface area contributed by atoms with E-state index in [1.165, 1.54) is 0 Å². The third-order valence-corrected chi connectivity index (χ3v) is 6.59. The van der Waals surface area contributed by atoms with Crippen LogP contribution in [0.15, 0.2) is 47.9 Å². The summed E-state index contributed by atoms with van der Waals surface area (Å²) >= 11 is 0. The molecule has 2 aromatic heterocycles. The lowest BCUT2D eigenvalue weighted by Gasteiger charge is -2.34. The van der Waals surface area contributed by atoms with Crippen LogP contribution in [0.2, 0.25) is 0 Å². The molecule has 3 aromatic rings. The molecule has 3 heterocycles. The van der Waals surface area contributed by atoms with Crippen molar-refractivity contribution in [1.29, 1.82) is 0 Å². The largest absolute Gasteiger partial charge is 0.411 e. The number of fused-ring (bicyclic) bond motifs is 1. The number of aromatic amines is 1. The maximum Gasteiger partial charge on any atom is 0.289 e. The molecule has 1 fully saturated rings. The molecule has 1 amide bonds. The standard InChI is InChI=1S/C25H28N6O3/c1-34-15-14-30-10-12-31(13-11-30)25(32)24-27-22(17-6-8-26-9-7-17)23(28-24)19-2-4-20-18(16-19)3-5-21(20)29-33/h2,4,6-9,16,33H,3,5,10-15H2,1H3,(H,27,28). The molecular formula is C25H28N6O3. The Balaban J connectivity index is 1.45. The minimum atomic E-state index is -0.0937. The van der Waals surface area contributed by atoms with Crippen molar-refractivity contribution in [2.24, 2.45) is 5.16 Å². The average Bonchev–Trinajstić information content (AvgIpc) is 3.52. The number of carbonyl (C=O) groups is 1. The molecule has 0 bridgehead atoms. The van der Waals surface area contributed by atoms with Crippen molar-refractivity contribution >= 4 is 11.6 Å². The molecule has 176 valence electrons. The number of aromatic nitrogens is 3. The van der Waals surface area contributed by atoms with Crippen LogP contribution in [0.1, 0.15) is 28.2 Å². The fraction of sp³-hybridized carbons (Fsp3) is 0.360. The predicted molar refractivity (Wildman–Crippen MR) is 128 cm³/mol. The zero-order valence-electron chi connectivity index (χ0n) is 19.2. The smallest absolute Gasteiger partial charge is 0.289 e. The molecule has 34 heavy (non-hydrogen) atoms. The van der Waals surface area contributed by atoms with Crippen LogP contribution in [-0.2, 0) is 11.2 Å². The van der Waals surface area contributed by atoms with Gasteiger partial charge in [-0.3, -0.25) is 14.7 Å². The van der Waals surface area contributed by atoms with E-state index in [0.717, 1.165) is 59.7 Å². The molecule has 1 aliphatic heterocycles. The van der Waals surface area contributed by atoms with E-state index in [1.807, 2.05) is 29.2 Å². The van der Waals surface area contributed by atoms with E-state index >= 15 is 0 Å². The highest BCUT2D eigenvalue weighted by Gasteiger charge is 2.27. The van der Waals surface area contributed by atoms with E-state index in [9.17, 15) is 10.0 Å². The van der Waals surface area contributed by atoms with Crippen LogP contribution in [0.4, 0.5) is 0 Å². The number of amides is 1. The van der Waals surface area contributed by atoms with Crippen molar-refractivity contribution in [2.75, 3.05) is 46.4 Å². The van der Waals surface area contributed by atoms with Crippen LogP contribution in [-0.4, -0.2) is 88.0 Å². The first kappa shape index (κ1) is 22.2. The summed E-state index contributed by atoms with van der Waals surface area (Å²) in [5.41, 5.74) is 6.15. The first-order valence-electron chi connectivity index (χ1n) is 11.5. The lowest BCUT2D eigenvalue weighted by Crippen LogP contribution is -2.49. The highest BCUT2D eigenvalue weighted by atomic mass is 16.5. The van der Waals surface area contributed by atoms with E-state index in [2.05, 4.69) is 26.1 Å². The van der Waals surface area contributed by atoms with Gasteiger partial charge in [-0.25, -0.2) is 4.98 Å². The number of piperazine rings is 1. The Morgan fingerprint density at radius 3 is 2.65 bits per heavy atom. The van der Waals surface area contributed by atoms with Crippen molar-refractivity contribution in [3.63, 3.8) is 0 Å². The van der Waals surface area contributed by atoms with Crippen LogP contribution in [0.25, 0.3) is 22.5 Å². The number of carbonyl (C=O) groups excluding carboxylic acids is 1. The number of imidazole rings is 1. The summed E-state index contributed by atoms with van der Waals surface area (Å²) in [7, 11) is 1.70. The van der Waals surface area contributed by atoms with Gasteiger partial charge in [0.2, 0.25) is 0 Å². The molecule has 9 heteroatoms. The maximum absolute atomic E-state index is 13.4. The highest BCUT2D eigenvalue weighted by molar-refractivity contribution is 6.04. The molecule has 1 aliphatic carbocycles. The Labute approximate surface area is 198 Å². The number of nitrogens with zero attached hydrogens (tertiary/aromatic N) is 5. The second kappa shape index (κ2) is 9.74. The summed E-state index contributed by atoms with van der Waals surface area (Å²) in [4.78, 5) is 29.7. The second-order valence-corrected chi connectivity index (χ2v) is 8.59. The molecule has 0 atom stereocenters. The zero-order valence-corrected chi connectivity index (χ0v) is 19.2. The van der Waals surface area contributed by atoms with Crippen molar-refractivity contribution in [3.05, 3.63) is 59.7 Å². The Morgan fingerprint density at radius 1 is 1.12 bits per heavy atom. The summed E-state index contributed by atoms with van der Waals surface area (Å²) in [6, 6.07) is 9.84. The first-order chi connectivity index (χ1) is 16.7. The zero-order chi connectivity index (χ0) is 23.5. The molecule has 0 radical (unpaired) electrons. The molecule has 1 saturated heterocycles. The normalized spacial score (nSPS) is 17.3. The first-order valence-corrected chi connectivity index (χ1v) is 11.5. The third-order valence-electron chi connectivity index (χ3n) is 6.59. The van der Waals surface area contributed by atoms with Gasteiger partial charge in [0.15, 0.2) is 5.82 Å². The average molecular weight is 461 g/mol. The number of ether oxygens (including phenoxy) is 1. The number of hydrogen-bond acceptors (Lipinski definition) is 7. The summed E-state index contributed by atoms with van der Waals surface area (Å²) in [6.45, 7) is 4.52. The number of pyridine rings is 1. The minimum Gasteiger partial charge on any atom is -0.411 e. The molecule has 0 spiro atoms. The number of hydrogen-bond donors (Lipinski definition) is 2. The van der Waals surface area contributed by atoms with Gasteiger partial charge in [0.25, 0.3) is 5.91 Å². The maximum atomic E-state index is 13.4. The number of nitrogens with one attached hydrogen (secondary N) is 1. The molecule has 0 unspecified atom stereocenters. The van der Waals surface area contributed by atoms with Crippen LogP contribution in [0.5, 0.6) is 0 Å². The van der Waals surface area contributed by atoms with Gasteiger partial charge >= 0.3 is 0 Å². The topological polar surface area (TPSA) is 107 Å². The predicted octanol–water partition coefficient (Wildman–Crippen LogP) is 2.67. The van der Waals surface area contributed by atoms with Crippen molar-refractivity contribution in [3.8, 4) is 22.5 Å². The van der Waals surface area contributed by atoms with Gasteiger partial charge in [-0.15, -0.1) is 0 Å². The highest BCUT2D eigenvalue weighted by Crippen LogP contribution is 2.33. The molecule has 1 aromatic carbocycles. The lowest BCUT2D eigenvalue weighted by atomic mass is 10.0. The Morgan fingerprint density at radius 2 is 1.91 bits per heavy atom. The number of rotatable bonds is 6. The summed E-state index contributed by atoms with van der Waals surface area (Å²) in [5, 5.41) is 12.7. The van der Waals surface area contributed by atoms with Gasteiger partial charge in [-0.2, -0.15) is 0 Å². The molecular weight excluding hydrogens is 432 g/mol. The van der Waals surface area contributed by atoms with Gasteiger partial charge in [-0.1, -0.05) is 17.3 Å². The van der Waals surface area contributed by atoms with E-state index in [-0.39, 0.29) is 5.91 Å². The monoisotopic (exact) mass is 460 g/mol. The number of aryl methyl sites for hydroxylation is 1. The fourth-order valence-corrected chi connectivity index (χ4v) is 4.68. The Hall–Kier alpha value is -3.56. The van der Waals surface area contributed by atoms with Crippen molar-refractivity contribution < 1.29 is 14.7 Å². The van der Waals surface area contributed by atoms with Gasteiger partial charge in [0, 0.05) is 68.9 Å².